The number of nitrogens with zero attached hydrogens (tertiary/aromatic N) is 1. The number of primary amides is 1. The van der Waals surface area contributed by atoms with Gasteiger partial charge in [-0.3, -0.25) is 13.9 Å². The highest BCUT2D eigenvalue weighted by molar-refractivity contribution is 7.85. The molecule has 0 bridgehead atoms. The van der Waals surface area contributed by atoms with Crippen LogP contribution in [0.2, 0.25) is 0 Å². The van der Waals surface area contributed by atoms with E-state index in [1.165, 1.54) is 0 Å². The van der Waals surface area contributed by atoms with Crippen molar-refractivity contribution in [3.63, 3.8) is 0 Å². The Bertz CT molecular complexity index is 694. The number of anilines is 1. The van der Waals surface area contributed by atoms with E-state index in [9.17, 15) is 22.6 Å². The summed E-state index contributed by atoms with van der Waals surface area (Å²) in [5.74, 6) is -1.84. The molecule has 0 radical (unpaired) electrons. The number of benzene rings is 1. The van der Waals surface area contributed by atoms with E-state index in [-0.39, 0.29) is 23.7 Å². The smallest absolute Gasteiger partial charge is 0.415 e. The number of cyclic esters (lactones) is 1. The number of ether oxygens (including phenoxy) is 1. The van der Waals surface area contributed by atoms with Gasteiger partial charge >= 0.3 is 6.09 Å². The predicted octanol–water partition coefficient (Wildman–Crippen LogP) is 1.40. The lowest BCUT2D eigenvalue weighted by Crippen LogP contribution is -2.32. The third-order valence-electron chi connectivity index (χ3n) is 4.30. The van der Waals surface area contributed by atoms with Crippen molar-refractivity contribution in [1.82, 2.24) is 0 Å². The topological polar surface area (TPSA) is 89.7 Å². The summed E-state index contributed by atoms with van der Waals surface area (Å²) in [6.45, 7) is -0.186. The highest BCUT2D eigenvalue weighted by Gasteiger charge is 2.37. The van der Waals surface area contributed by atoms with E-state index in [2.05, 4.69) is 0 Å². The van der Waals surface area contributed by atoms with E-state index < -0.39 is 40.5 Å². The first-order valence-electron chi connectivity index (χ1n) is 7.48. The molecule has 1 unspecified atom stereocenters. The van der Waals surface area contributed by atoms with Crippen molar-refractivity contribution in [2.75, 3.05) is 23.0 Å². The first-order chi connectivity index (χ1) is 11.4. The van der Waals surface area contributed by atoms with Crippen molar-refractivity contribution in [2.24, 2.45) is 5.73 Å². The zero-order chi connectivity index (χ0) is 17.4. The van der Waals surface area contributed by atoms with Gasteiger partial charge in [0.25, 0.3) is 5.91 Å². The molecule has 0 aliphatic carbocycles. The summed E-state index contributed by atoms with van der Waals surface area (Å²) in [6, 6.07) is 2.10. The number of carbonyl (C=O) groups excluding carboxylic acids is 2. The predicted molar refractivity (Wildman–Crippen MR) is 83.0 cm³/mol. The maximum absolute atomic E-state index is 14.4. The molecule has 9 heteroatoms. The highest BCUT2D eigenvalue weighted by atomic mass is 32.2. The minimum Gasteiger partial charge on any atom is -0.434 e. The Hall–Kier alpha value is -2.03. The fourth-order valence-electron chi connectivity index (χ4n) is 3.02. The molecule has 2 aliphatic rings. The summed E-state index contributed by atoms with van der Waals surface area (Å²) < 4.78 is 45.0. The molecule has 2 amide bonds. The average Bonchev–Trinajstić information content (AvgIpc) is 2.90. The summed E-state index contributed by atoms with van der Waals surface area (Å²) in [4.78, 5) is 23.8. The zero-order valence-corrected chi connectivity index (χ0v) is 13.5. The quantitative estimate of drug-likeness (QED) is 0.884. The number of hydrogen-bond donors (Lipinski definition) is 1. The van der Waals surface area contributed by atoms with Crippen molar-refractivity contribution in [1.29, 1.82) is 0 Å². The SMILES string of the molecule is NC(=O)C1CN(c2cc(F)c(C3CCS(=O)CC3)c(F)c2)C(=O)O1. The number of carbonyl (C=O) groups is 2. The van der Waals surface area contributed by atoms with Crippen molar-refractivity contribution >= 4 is 28.5 Å². The summed E-state index contributed by atoms with van der Waals surface area (Å²) >= 11 is 0. The standard InChI is InChI=1S/C15H16F2N2O4S/c16-10-5-9(19-7-12(14(18)20)23-15(19)21)6-11(17)13(10)8-1-3-24(22)4-2-8/h5-6,8,12H,1-4,7H2,(H2,18,20). The molecule has 6 nitrogen and oxygen atoms in total. The Morgan fingerprint density at radius 3 is 2.33 bits per heavy atom. The van der Waals surface area contributed by atoms with Gasteiger partial charge in [-0.1, -0.05) is 0 Å². The molecule has 2 N–H and O–H groups in total. The van der Waals surface area contributed by atoms with Gasteiger partial charge in [-0.15, -0.1) is 0 Å². The van der Waals surface area contributed by atoms with Crippen molar-refractivity contribution < 1.29 is 27.3 Å². The van der Waals surface area contributed by atoms with Crippen LogP contribution in [-0.4, -0.2) is 40.4 Å². The van der Waals surface area contributed by atoms with E-state index >= 15 is 0 Å². The van der Waals surface area contributed by atoms with Crippen LogP contribution in [0, 0.1) is 11.6 Å². The monoisotopic (exact) mass is 358 g/mol. The molecule has 0 aromatic heterocycles. The molecule has 1 aromatic carbocycles. The first-order valence-corrected chi connectivity index (χ1v) is 8.97. The van der Waals surface area contributed by atoms with E-state index in [0.717, 1.165) is 17.0 Å². The molecule has 1 atom stereocenters. The largest absolute Gasteiger partial charge is 0.434 e. The van der Waals surface area contributed by atoms with Gasteiger partial charge < -0.3 is 10.5 Å². The number of rotatable bonds is 3. The van der Waals surface area contributed by atoms with Crippen molar-refractivity contribution in [2.45, 2.75) is 24.9 Å². The Labute approximate surface area is 139 Å². The normalized spacial score (nSPS) is 27.2. The number of hydrogen-bond acceptors (Lipinski definition) is 4. The lowest BCUT2D eigenvalue weighted by Gasteiger charge is -2.23. The summed E-state index contributed by atoms with van der Waals surface area (Å²) in [5, 5.41) is 0. The molecule has 1 aromatic rings. The van der Waals surface area contributed by atoms with Gasteiger partial charge in [0.15, 0.2) is 6.10 Å². The molecule has 2 fully saturated rings. The van der Waals surface area contributed by atoms with Crippen LogP contribution >= 0.6 is 0 Å². The molecular formula is C15H16F2N2O4S. The maximum Gasteiger partial charge on any atom is 0.415 e. The fourth-order valence-corrected chi connectivity index (χ4v) is 4.32. The second kappa shape index (κ2) is 6.46. The van der Waals surface area contributed by atoms with Crippen LogP contribution in [0.25, 0.3) is 0 Å². The lowest BCUT2D eigenvalue weighted by molar-refractivity contribution is -0.124. The van der Waals surface area contributed by atoms with Crippen LogP contribution in [0.15, 0.2) is 12.1 Å². The van der Waals surface area contributed by atoms with E-state index in [0.29, 0.717) is 24.3 Å². The lowest BCUT2D eigenvalue weighted by atomic mass is 9.92. The van der Waals surface area contributed by atoms with Crippen LogP contribution in [0.3, 0.4) is 0 Å². The van der Waals surface area contributed by atoms with Crippen molar-refractivity contribution in [3.8, 4) is 0 Å². The van der Waals surface area contributed by atoms with Crippen LogP contribution in [0.1, 0.15) is 24.3 Å². The van der Waals surface area contributed by atoms with Gasteiger partial charge in [-0.05, 0) is 30.9 Å². The molecule has 130 valence electrons. The molecule has 2 saturated heterocycles. The summed E-state index contributed by atoms with van der Waals surface area (Å²) in [5.41, 5.74) is 5.00. The third-order valence-corrected chi connectivity index (χ3v) is 5.68. The molecule has 0 spiro atoms. The van der Waals surface area contributed by atoms with Gasteiger partial charge in [-0.25, -0.2) is 13.6 Å². The third kappa shape index (κ3) is 3.12. The fraction of sp³-hybridized carbons (Fsp3) is 0.467. The van der Waals surface area contributed by atoms with Gasteiger partial charge in [-0.2, -0.15) is 0 Å². The first kappa shape index (κ1) is 16.8. The van der Waals surface area contributed by atoms with Crippen LogP contribution in [0.4, 0.5) is 19.3 Å². The molecule has 2 heterocycles. The second-order valence-corrected chi connectivity index (χ2v) is 7.53. The average molecular weight is 358 g/mol. The number of amides is 2. The van der Waals surface area contributed by atoms with Gasteiger partial charge in [0, 0.05) is 27.9 Å². The Morgan fingerprint density at radius 1 is 1.25 bits per heavy atom. The molecule has 0 saturated carbocycles. The number of nitrogens with two attached hydrogens (primary N) is 1. The molecule has 2 aliphatic heterocycles. The zero-order valence-electron chi connectivity index (χ0n) is 12.7. The highest BCUT2D eigenvalue weighted by Crippen LogP contribution is 2.34. The molecule has 24 heavy (non-hydrogen) atoms. The Kier molecular flexibility index (Phi) is 4.53. The van der Waals surface area contributed by atoms with E-state index in [1.807, 2.05) is 0 Å². The van der Waals surface area contributed by atoms with Crippen LogP contribution in [0.5, 0.6) is 0 Å². The summed E-state index contributed by atoms with van der Waals surface area (Å²) in [7, 11) is -0.926. The van der Waals surface area contributed by atoms with Gasteiger partial charge in [0.2, 0.25) is 0 Å². The van der Waals surface area contributed by atoms with E-state index in [4.69, 9.17) is 10.5 Å². The van der Waals surface area contributed by atoms with Crippen LogP contribution in [-0.2, 0) is 20.3 Å². The van der Waals surface area contributed by atoms with Crippen LogP contribution < -0.4 is 10.6 Å². The molecule has 3 rings (SSSR count). The molecular weight excluding hydrogens is 342 g/mol. The number of halogens is 2. The van der Waals surface area contributed by atoms with Crippen molar-refractivity contribution in [3.05, 3.63) is 29.3 Å². The van der Waals surface area contributed by atoms with Gasteiger partial charge in [0.05, 0.1) is 12.2 Å². The Balaban J connectivity index is 1.86. The Morgan fingerprint density at radius 2 is 1.83 bits per heavy atom. The maximum atomic E-state index is 14.4. The second-order valence-electron chi connectivity index (χ2n) is 5.83. The summed E-state index contributed by atoms with van der Waals surface area (Å²) in [6.07, 6.45) is -1.11. The van der Waals surface area contributed by atoms with Gasteiger partial charge in [0.1, 0.15) is 11.6 Å². The minimum absolute atomic E-state index is 0.0260. The van der Waals surface area contributed by atoms with E-state index in [1.54, 1.807) is 0 Å². The minimum atomic E-state index is -1.14.